The Morgan fingerprint density at radius 2 is 1.48 bits per heavy atom. The molecule has 1 amide bonds. The molecule has 4 rings (SSSR count). The lowest BCUT2D eigenvalue weighted by molar-refractivity contribution is 0.0704. The Hall–Kier alpha value is -3.73. The van der Waals surface area contributed by atoms with Crippen molar-refractivity contribution in [2.75, 3.05) is 0 Å². The molecule has 0 unspecified atom stereocenters. The molecule has 0 spiro atoms. The van der Waals surface area contributed by atoms with Crippen LogP contribution >= 0.6 is 0 Å². The first-order valence-electron chi connectivity index (χ1n) is 9.39. The van der Waals surface area contributed by atoms with E-state index in [2.05, 4.69) is 0 Å². The first kappa shape index (κ1) is 18.6. The van der Waals surface area contributed by atoms with Gasteiger partial charge in [-0.3, -0.25) is 4.79 Å². The zero-order valence-corrected chi connectivity index (χ0v) is 15.9. The lowest BCUT2D eigenvalue weighted by Crippen LogP contribution is -2.29. The average Bonchev–Trinajstić information content (AvgIpc) is 3.47. The number of ether oxygens (including phenoxy) is 1. The number of carbonyl (C=O) groups excluding carboxylic acids is 1. The Kier molecular flexibility index (Phi) is 5.76. The number of benzene rings is 2. The van der Waals surface area contributed by atoms with Crippen LogP contribution in [0.15, 0.2) is 100 Å². The second-order valence-electron chi connectivity index (χ2n) is 6.62. The summed E-state index contributed by atoms with van der Waals surface area (Å²) >= 11 is 0. The van der Waals surface area contributed by atoms with Crippen LogP contribution in [0.5, 0.6) is 5.75 Å². The maximum atomic E-state index is 13.2. The summed E-state index contributed by atoms with van der Waals surface area (Å²) < 4.78 is 16.7. The molecule has 0 fully saturated rings. The van der Waals surface area contributed by atoms with Crippen molar-refractivity contribution in [3.8, 4) is 5.75 Å². The summed E-state index contributed by atoms with van der Waals surface area (Å²) in [4.78, 5) is 14.9. The lowest BCUT2D eigenvalue weighted by Gasteiger charge is -2.21. The van der Waals surface area contributed by atoms with E-state index < -0.39 is 0 Å². The summed E-state index contributed by atoms with van der Waals surface area (Å²) in [6.45, 7) is 1.14. The highest BCUT2D eigenvalue weighted by atomic mass is 16.5. The summed E-state index contributed by atoms with van der Waals surface area (Å²) in [6.07, 6.45) is 3.20. The molecule has 2 aromatic carbocycles. The quantitative estimate of drug-likeness (QED) is 0.412. The van der Waals surface area contributed by atoms with Gasteiger partial charge in [0.05, 0.1) is 25.6 Å². The van der Waals surface area contributed by atoms with Gasteiger partial charge in [-0.1, -0.05) is 36.4 Å². The summed E-state index contributed by atoms with van der Waals surface area (Å²) in [5.74, 6) is 1.95. The molecule has 0 saturated carbocycles. The molecule has 5 heteroatoms. The van der Waals surface area contributed by atoms with Crippen LogP contribution in [0, 0.1) is 0 Å². The highest BCUT2D eigenvalue weighted by Gasteiger charge is 2.19. The van der Waals surface area contributed by atoms with Crippen LogP contribution in [-0.2, 0) is 19.7 Å². The lowest BCUT2D eigenvalue weighted by atomic mass is 10.1. The molecule has 4 aromatic rings. The minimum atomic E-state index is -0.122. The second-order valence-corrected chi connectivity index (χ2v) is 6.62. The Bertz CT molecular complexity index is 988. The van der Waals surface area contributed by atoms with Crippen LogP contribution < -0.4 is 4.74 Å². The number of nitrogens with zero attached hydrogens (tertiary/aromatic N) is 1. The van der Waals surface area contributed by atoms with Gasteiger partial charge in [0.15, 0.2) is 0 Å². The minimum Gasteiger partial charge on any atom is -0.489 e. The van der Waals surface area contributed by atoms with Crippen molar-refractivity contribution in [2.24, 2.45) is 0 Å². The number of hydrogen-bond donors (Lipinski definition) is 0. The van der Waals surface area contributed by atoms with E-state index in [4.69, 9.17) is 13.6 Å². The summed E-state index contributed by atoms with van der Waals surface area (Å²) in [5.41, 5.74) is 1.62. The van der Waals surface area contributed by atoms with Crippen LogP contribution in [0.4, 0.5) is 0 Å². The van der Waals surface area contributed by atoms with Crippen molar-refractivity contribution < 1.29 is 18.4 Å². The van der Waals surface area contributed by atoms with Crippen LogP contribution in [0.25, 0.3) is 0 Å². The Balaban J connectivity index is 1.50. The highest BCUT2D eigenvalue weighted by molar-refractivity contribution is 5.94. The van der Waals surface area contributed by atoms with Gasteiger partial charge in [-0.15, -0.1) is 0 Å². The van der Waals surface area contributed by atoms with Gasteiger partial charge in [-0.25, -0.2) is 0 Å². The topological polar surface area (TPSA) is 55.8 Å². The van der Waals surface area contributed by atoms with Gasteiger partial charge in [0, 0.05) is 5.56 Å². The van der Waals surface area contributed by atoms with Crippen molar-refractivity contribution in [1.82, 2.24) is 4.90 Å². The van der Waals surface area contributed by atoms with E-state index in [0.29, 0.717) is 42.5 Å². The largest absolute Gasteiger partial charge is 0.489 e. The van der Waals surface area contributed by atoms with Crippen LogP contribution in [0.3, 0.4) is 0 Å². The average molecular weight is 387 g/mol. The molecule has 0 aliphatic rings. The molecular weight excluding hydrogens is 366 g/mol. The van der Waals surface area contributed by atoms with Gasteiger partial charge in [-0.05, 0) is 48.0 Å². The van der Waals surface area contributed by atoms with E-state index >= 15 is 0 Å². The van der Waals surface area contributed by atoms with Crippen LogP contribution in [0.1, 0.15) is 27.4 Å². The van der Waals surface area contributed by atoms with Crippen molar-refractivity contribution in [3.63, 3.8) is 0 Å². The Labute approximate surface area is 169 Å². The maximum Gasteiger partial charge on any atom is 0.254 e. The zero-order chi connectivity index (χ0) is 19.9. The van der Waals surface area contributed by atoms with E-state index in [9.17, 15) is 4.79 Å². The van der Waals surface area contributed by atoms with E-state index in [1.54, 1.807) is 29.6 Å². The van der Waals surface area contributed by atoms with Crippen LogP contribution in [-0.4, -0.2) is 10.8 Å². The van der Waals surface area contributed by atoms with Gasteiger partial charge in [0.25, 0.3) is 5.91 Å². The van der Waals surface area contributed by atoms with Gasteiger partial charge in [0.2, 0.25) is 0 Å². The fourth-order valence-electron chi connectivity index (χ4n) is 3.02. The molecule has 0 aliphatic carbocycles. The van der Waals surface area contributed by atoms with E-state index in [0.717, 1.165) is 5.56 Å². The molecule has 5 nitrogen and oxygen atoms in total. The van der Waals surface area contributed by atoms with Crippen LogP contribution in [0.2, 0.25) is 0 Å². The summed E-state index contributed by atoms with van der Waals surface area (Å²) in [6, 6.07) is 24.5. The second kappa shape index (κ2) is 8.97. The third kappa shape index (κ3) is 4.96. The Morgan fingerprint density at radius 3 is 2.10 bits per heavy atom. The predicted octanol–water partition coefficient (Wildman–Crippen LogP) is 5.29. The first-order chi connectivity index (χ1) is 14.3. The SMILES string of the molecule is O=C(c1cccc(OCc2ccccc2)c1)N(Cc1ccco1)Cc1ccco1. The molecule has 2 heterocycles. The molecule has 0 saturated heterocycles. The van der Waals surface area contributed by atoms with Crippen molar-refractivity contribution in [2.45, 2.75) is 19.7 Å². The molecule has 0 radical (unpaired) electrons. The van der Waals surface area contributed by atoms with Gasteiger partial charge >= 0.3 is 0 Å². The fourth-order valence-corrected chi connectivity index (χ4v) is 3.02. The number of rotatable bonds is 8. The molecule has 0 atom stereocenters. The predicted molar refractivity (Wildman–Crippen MR) is 108 cm³/mol. The number of carbonyl (C=O) groups is 1. The Morgan fingerprint density at radius 1 is 0.793 bits per heavy atom. The maximum absolute atomic E-state index is 13.2. The molecule has 0 N–H and O–H groups in total. The number of amides is 1. The van der Waals surface area contributed by atoms with E-state index in [1.807, 2.05) is 66.7 Å². The van der Waals surface area contributed by atoms with Crippen molar-refractivity contribution >= 4 is 5.91 Å². The summed E-state index contributed by atoms with van der Waals surface area (Å²) in [5, 5.41) is 0. The summed E-state index contributed by atoms with van der Waals surface area (Å²) in [7, 11) is 0. The third-order valence-electron chi connectivity index (χ3n) is 4.47. The minimum absolute atomic E-state index is 0.122. The van der Waals surface area contributed by atoms with Crippen molar-refractivity contribution in [3.05, 3.63) is 114 Å². The monoisotopic (exact) mass is 387 g/mol. The number of furan rings is 2. The standard InChI is InChI=1S/C24H21NO4/c26-24(25(16-22-11-5-13-27-22)17-23-12-6-14-28-23)20-9-4-10-21(15-20)29-18-19-7-2-1-3-8-19/h1-15H,16-18H2. The molecular formula is C24H21NO4. The molecule has 29 heavy (non-hydrogen) atoms. The normalized spacial score (nSPS) is 10.6. The third-order valence-corrected chi connectivity index (χ3v) is 4.47. The highest BCUT2D eigenvalue weighted by Crippen LogP contribution is 2.19. The fraction of sp³-hybridized carbons (Fsp3) is 0.125. The number of hydrogen-bond acceptors (Lipinski definition) is 4. The van der Waals surface area contributed by atoms with E-state index in [-0.39, 0.29) is 5.91 Å². The van der Waals surface area contributed by atoms with E-state index in [1.165, 1.54) is 0 Å². The van der Waals surface area contributed by atoms with Gasteiger partial charge < -0.3 is 18.5 Å². The molecule has 0 bridgehead atoms. The van der Waals surface area contributed by atoms with Gasteiger partial charge in [-0.2, -0.15) is 0 Å². The zero-order valence-electron chi connectivity index (χ0n) is 15.9. The molecule has 146 valence electrons. The molecule has 0 aliphatic heterocycles. The molecule has 2 aromatic heterocycles. The smallest absolute Gasteiger partial charge is 0.254 e. The first-order valence-corrected chi connectivity index (χ1v) is 9.39. The van der Waals surface area contributed by atoms with Crippen molar-refractivity contribution in [1.29, 1.82) is 0 Å². The van der Waals surface area contributed by atoms with Gasteiger partial charge in [0.1, 0.15) is 23.9 Å².